The van der Waals surface area contributed by atoms with Crippen molar-refractivity contribution >= 4 is 23.1 Å². The van der Waals surface area contributed by atoms with Gasteiger partial charge in [0, 0.05) is 11.8 Å². The zero-order valence-electron chi connectivity index (χ0n) is 17.9. The van der Waals surface area contributed by atoms with Crippen LogP contribution in [0.5, 0.6) is 11.5 Å². The van der Waals surface area contributed by atoms with E-state index in [1.165, 1.54) is 25.3 Å². The lowest BCUT2D eigenvalue weighted by Gasteiger charge is -2.25. The number of anilines is 1. The molecule has 0 radical (unpaired) electrons. The number of aromatic nitrogens is 1. The minimum absolute atomic E-state index is 0.00470. The number of nitrogens with zero attached hydrogens (tertiary/aromatic N) is 2. The van der Waals surface area contributed by atoms with Gasteiger partial charge in [0.25, 0.3) is 11.7 Å². The van der Waals surface area contributed by atoms with Gasteiger partial charge < -0.3 is 14.6 Å². The molecular weight excluding hydrogens is 408 g/mol. The molecule has 0 aliphatic carbocycles. The predicted molar refractivity (Wildman–Crippen MR) is 120 cm³/mol. The smallest absolute Gasteiger partial charge is 0.300 e. The highest BCUT2D eigenvalue weighted by Gasteiger charge is 2.47. The van der Waals surface area contributed by atoms with E-state index in [2.05, 4.69) is 4.98 Å². The molecule has 1 saturated heterocycles. The molecule has 7 nitrogen and oxygen atoms in total. The third-order valence-electron chi connectivity index (χ3n) is 5.42. The Labute approximate surface area is 185 Å². The fourth-order valence-corrected chi connectivity index (χ4v) is 3.80. The SMILES string of the molecule is COc1ccc([C@@H]2C(=C(O)c3ccc(C)cc3)C(=O)C(=O)N2c2cccnc2)cc1OC. The maximum absolute atomic E-state index is 13.1. The molecule has 1 aliphatic heterocycles. The van der Waals surface area contributed by atoms with E-state index in [0.717, 1.165) is 5.56 Å². The molecule has 162 valence electrons. The van der Waals surface area contributed by atoms with Crippen LogP contribution >= 0.6 is 0 Å². The van der Waals surface area contributed by atoms with Gasteiger partial charge in [0.05, 0.1) is 37.7 Å². The Hall–Kier alpha value is -4.13. The molecule has 32 heavy (non-hydrogen) atoms. The Kier molecular flexibility index (Phi) is 5.64. The molecule has 2 heterocycles. The third kappa shape index (κ3) is 3.58. The molecule has 0 saturated carbocycles. The Morgan fingerprint density at radius 1 is 1.00 bits per heavy atom. The van der Waals surface area contributed by atoms with Crippen molar-refractivity contribution in [2.24, 2.45) is 0 Å². The molecule has 2 aromatic carbocycles. The summed E-state index contributed by atoms with van der Waals surface area (Å²) in [6.45, 7) is 1.93. The molecule has 1 fully saturated rings. The standard InChI is InChI=1S/C25H22N2O5/c1-15-6-8-16(9-7-15)23(28)21-22(17-10-11-19(31-2)20(13-17)32-3)27(25(30)24(21)29)18-5-4-12-26-14-18/h4-14,22,28H,1-3H3/t22-/m1/s1. The van der Waals surface area contributed by atoms with E-state index in [-0.39, 0.29) is 11.3 Å². The van der Waals surface area contributed by atoms with E-state index in [9.17, 15) is 14.7 Å². The van der Waals surface area contributed by atoms with Crippen LogP contribution < -0.4 is 14.4 Å². The number of ketones is 1. The van der Waals surface area contributed by atoms with Gasteiger partial charge in [-0.05, 0) is 36.8 Å². The number of aliphatic hydroxyl groups is 1. The summed E-state index contributed by atoms with van der Waals surface area (Å²) in [7, 11) is 3.03. The summed E-state index contributed by atoms with van der Waals surface area (Å²) in [5.41, 5.74) is 2.48. The van der Waals surface area contributed by atoms with Crippen molar-refractivity contribution in [3.63, 3.8) is 0 Å². The zero-order chi connectivity index (χ0) is 22.8. The highest BCUT2D eigenvalue weighted by Crippen LogP contribution is 2.43. The number of amides is 1. The second-order valence-corrected chi connectivity index (χ2v) is 7.36. The van der Waals surface area contributed by atoms with E-state index in [1.54, 1.807) is 48.7 Å². The Morgan fingerprint density at radius 3 is 2.34 bits per heavy atom. The number of Topliss-reactive ketones (excluding diaryl/α,β-unsaturated/α-hetero) is 1. The first kappa shape index (κ1) is 21.1. The maximum Gasteiger partial charge on any atom is 0.300 e. The maximum atomic E-state index is 13.1. The summed E-state index contributed by atoms with van der Waals surface area (Å²) in [6, 6.07) is 14.7. The molecule has 4 rings (SSSR count). The first-order valence-electron chi connectivity index (χ1n) is 9.96. The average molecular weight is 430 g/mol. The van der Waals surface area contributed by atoms with E-state index < -0.39 is 17.7 Å². The van der Waals surface area contributed by atoms with Gasteiger partial charge in [-0.25, -0.2) is 0 Å². The molecule has 0 bridgehead atoms. The molecular formula is C25H22N2O5. The van der Waals surface area contributed by atoms with E-state index in [1.807, 2.05) is 19.1 Å². The minimum Gasteiger partial charge on any atom is -0.507 e. The van der Waals surface area contributed by atoms with Crippen molar-refractivity contribution in [1.29, 1.82) is 0 Å². The molecule has 1 amide bonds. The highest BCUT2D eigenvalue weighted by molar-refractivity contribution is 6.51. The largest absolute Gasteiger partial charge is 0.507 e. The Balaban J connectivity index is 1.96. The molecule has 1 aromatic heterocycles. The Bertz CT molecular complexity index is 1200. The number of hydrogen-bond donors (Lipinski definition) is 1. The van der Waals surface area contributed by atoms with Gasteiger partial charge >= 0.3 is 0 Å². The minimum atomic E-state index is -0.875. The summed E-state index contributed by atoms with van der Waals surface area (Å²) in [4.78, 5) is 31.7. The van der Waals surface area contributed by atoms with Crippen LogP contribution in [0, 0.1) is 6.92 Å². The fraction of sp³-hybridized carbons (Fsp3) is 0.160. The van der Waals surface area contributed by atoms with Gasteiger partial charge in [-0.3, -0.25) is 19.5 Å². The second-order valence-electron chi connectivity index (χ2n) is 7.36. The van der Waals surface area contributed by atoms with Crippen molar-refractivity contribution in [2.45, 2.75) is 13.0 Å². The van der Waals surface area contributed by atoms with Crippen molar-refractivity contribution in [2.75, 3.05) is 19.1 Å². The zero-order valence-corrected chi connectivity index (χ0v) is 17.9. The predicted octanol–water partition coefficient (Wildman–Crippen LogP) is 4.03. The molecule has 0 unspecified atom stereocenters. The lowest BCUT2D eigenvalue weighted by molar-refractivity contribution is -0.132. The summed E-state index contributed by atoms with van der Waals surface area (Å²) < 4.78 is 10.7. The van der Waals surface area contributed by atoms with Crippen LogP contribution in [0.1, 0.15) is 22.7 Å². The number of methoxy groups -OCH3 is 2. The number of pyridine rings is 1. The number of rotatable bonds is 5. The van der Waals surface area contributed by atoms with Gasteiger partial charge in [-0.15, -0.1) is 0 Å². The number of benzene rings is 2. The molecule has 0 spiro atoms. The van der Waals surface area contributed by atoms with Crippen LogP contribution in [0.25, 0.3) is 5.76 Å². The average Bonchev–Trinajstić information content (AvgIpc) is 3.09. The van der Waals surface area contributed by atoms with E-state index in [4.69, 9.17) is 9.47 Å². The summed E-state index contributed by atoms with van der Waals surface area (Å²) in [6.07, 6.45) is 3.09. The molecule has 1 aliphatic rings. The summed E-state index contributed by atoms with van der Waals surface area (Å²) in [5, 5.41) is 11.1. The van der Waals surface area contributed by atoms with E-state index >= 15 is 0 Å². The van der Waals surface area contributed by atoms with Gasteiger partial charge in [-0.2, -0.15) is 0 Å². The third-order valence-corrected chi connectivity index (χ3v) is 5.42. The molecule has 1 N–H and O–H groups in total. The van der Waals surface area contributed by atoms with Gasteiger partial charge in [-0.1, -0.05) is 35.9 Å². The lowest BCUT2D eigenvalue weighted by atomic mass is 9.94. The molecule has 1 atom stereocenters. The number of aliphatic hydroxyl groups excluding tert-OH is 1. The van der Waals surface area contributed by atoms with Crippen molar-refractivity contribution in [3.05, 3.63) is 89.3 Å². The van der Waals surface area contributed by atoms with Gasteiger partial charge in [0.2, 0.25) is 0 Å². The second kappa shape index (κ2) is 8.55. The van der Waals surface area contributed by atoms with Crippen LogP contribution in [0.2, 0.25) is 0 Å². The number of hydrogen-bond acceptors (Lipinski definition) is 6. The first-order chi connectivity index (χ1) is 15.5. The first-order valence-corrected chi connectivity index (χ1v) is 9.96. The van der Waals surface area contributed by atoms with Crippen LogP contribution in [-0.2, 0) is 9.59 Å². The van der Waals surface area contributed by atoms with Crippen LogP contribution in [0.4, 0.5) is 5.69 Å². The fourth-order valence-electron chi connectivity index (χ4n) is 3.80. The van der Waals surface area contributed by atoms with Gasteiger partial charge in [0.1, 0.15) is 5.76 Å². The quantitative estimate of drug-likeness (QED) is 0.373. The normalized spacial score (nSPS) is 17.5. The summed E-state index contributed by atoms with van der Waals surface area (Å²) >= 11 is 0. The molecule has 3 aromatic rings. The number of carbonyl (C=O) groups excluding carboxylic acids is 2. The van der Waals surface area contributed by atoms with Crippen molar-refractivity contribution < 1.29 is 24.2 Å². The van der Waals surface area contributed by atoms with E-state index in [0.29, 0.717) is 28.3 Å². The van der Waals surface area contributed by atoms with Crippen LogP contribution in [0.15, 0.2) is 72.6 Å². The Morgan fingerprint density at radius 2 is 1.72 bits per heavy atom. The van der Waals surface area contributed by atoms with Gasteiger partial charge in [0.15, 0.2) is 11.5 Å². The lowest BCUT2D eigenvalue weighted by Crippen LogP contribution is -2.29. The molecule has 7 heteroatoms. The summed E-state index contributed by atoms with van der Waals surface area (Å²) in [5.74, 6) is -0.807. The van der Waals surface area contributed by atoms with Crippen LogP contribution in [-0.4, -0.2) is 36.0 Å². The number of ether oxygens (including phenoxy) is 2. The highest BCUT2D eigenvalue weighted by atomic mass is 16.5. The van der Waals surface area contributed by atoms with Crippen molar-refractivity contribution in [1.82, 2.24) is 4.98 Å². The van der Waals surface area contributed by atoms with Crippen molar-refractivity contribution in [3.8, 4) is 11.5 Å². The van der Waals surface area contributed by atoms with Crippen LogP contribution in [0.3, 0.4) is 0 Å². The number of carbonyl (C=O) groups is 2. The topological polar surface area (TPSA) is 89.0 Å². The monoisotopic (exact) mass is 430 g/mol. The number of aryl methyl sites for hydroxylation is 1.